The first-order chi connectivity index (χ1) is 3.66. The second kappa shape index (κ2) is 4.68. The summed E-state index contributed by atoms with van der Waals surface area (Å²) in [5.74, 6) is 0. The lowest BCUT2D eigenvalue weighted by Crippen LogP contribution is -2.07. The molecule has 1 unspecified atom stereocenters. The third kappa shape index (κ3) is 4.98. The van der Waals surface area contributed by atoms with Crippen molar-refractivity contribution >= 4 is 34.8 Å². The summed E-state index contributed by atoms with van der Waals surface area (Å²) in [7, 11) is 0. The van der Waals surface area contributed by atoms with Gasteiger partial charge in [-0.25, -0.2) is 0 Å². The monoisotopic (exact) mass is 176 g/mol. The predicted molar refractivity (Wildman–Crippen MR) is 36.8 cm³/mol. The van der Waals surface area contributed by atoms with Crippen LogP contribution in [0.4, 0.5) is 0 Å². The number of halogens is 3. The normalized spacial score (nSPS) is 14.6. The number of hydrogen-bond donors (Lipinski definition) is 1. The van der Waals surface area contributed by atoms with E-state index in [4.69, 9.17) is 39.9 Å². The molecule has 4 heteroatoms. The van der Waals surface area contributed by atoms with Crippen molar-refractivity contribution in [3.05, 3.63) is 0 Å². The van der Waals surface area contributed by atoms with Gasteiger partial charge in [-0.15, -0.1) is 34.8 Å². The molecule has 0 aliphatic rings. The van der Waals surface area contributed by atoms with Crippen molar-refractivity contribution in [2.75, 3.05) is 6.61 Å². The summed E-state index contributed by atoms with van der Waals surface area (Å²) in [5, 5.41) is 8.02. The second-order valence-electron chi connectivity index (χ2n) is 1.41. The van der Waals surface area contributed by atoms with Crippen LogP contribution in [0.25, 0.3) is 0 Å². The average molecular weight is 177 g/mol. The minimum atomic E-state index is -0.468. The third-order valence-electron chi connectivity index (χ3n) is 0.632. The van der Waals surface area contributed by atoms with Gasteiger partial charge in [-0.1, -0.05) is 0 Å². The van der Waals surface area contributed by atoms with Crippen LogP contribution in [0.3, 0.4) is 0 Å². The van der Waals surface area contributed by atoms with Crippen LogP contribution in [0, 0.1) is 0 Å². The van der Waals surface area contributed by atoms with Gasteiger partial charge in [0.2, 0.25) is 0 Å². The third-order valence-corrected chi connectivity index (χ3v) is 1.30. The number of hydrogen-bond acceptors (Lipinski definition) is 1. The highest BCUT2D eigenvalue weighted by atomic mass is 35.5. The number of aliphatic hydroxyl groups is 1. The van der Waals surface area contributed by atoms with Crippen molar-refractivity contribution in [2.24, 2.45) is 0 Å². The maximum absolute atomic E-state index is 8.33. The Morgan fingerprint density at radius 3 is 1.88 bits per heavy atom. The molecule has 1 atom stereocenters. The van der Waals surface area contributed by atoms with E-state index in [2.05, 4.69) is 0 Å². The van der Waals surface area contributed by atoms with E-state index in [0.717, 1.165) is 0 Å². The smallest absolute Gasteiger partial charge is 0.109 e. The van der Waals surface area contributed by atoms with Crippen LogP contribution in [-0.4, -0.2) is 21.9 Å². The van der Waals surface area contributed by atoms with Gasteiger partial charge in [-0.3, -0.25) is 0 Å². The largest absolute Gasteiger partial charge is 0.395 e. The Kier molecular flexibility index (Phi) is 5.17. The molecule has 0 aliphatic heterocycles. The van der Waals surface area contributed by atoms with Crippen LogP contribution in [0.1, 0.15) is 6.42 Å². The maximum Gasteiger partial charge on any atom is 0.109 e. The van der Waals surface area contributed by atoms with Gasteiger partial charge in [0.25, 0.3) is 0 Å². The first kappa shape index (κ1) is 8.83. The molecule has 0 aliphatic carbocycles. The van der Waals surface area contributed by atoms with Gasteiger partial charge >= 0.3 is 0 Å². The highest BCUT2D eigenvalue weighted by molar-refractivity contribution is 6.44. The molecule has 0 amide bonds. The lowest BCUT2D eigenvalue weighted by molar-refractivity contribution is 0.290. The van der Waals surface area contributed by atoms with Crippen LogP contribution >= 0.6 is 34.8 Å². The van der Waals surface area contributed by atoms with Gasteiger partial charge in [-0.2, -0.15) is 0 Å². The van der Waals surface area contributed by atoms with E-state index in [-0.39, 0.29) is 12.0 Å². The molecule has 0 saturated heterocycles. The molecule has 0 aromatic heterocycles. The zero-order chi connectivity index (χ0) is 6.57. The Bertz CT molecular complexity index is 57.2. The fourth-order valence-electron chi connectivity index (χ4n) is 0.268. The summed E-state index contributed by atoms with van der Waals surface area (Å²) in [5.41, 5.74) is 0. The number of aliphatic hydroxyl groups excluding tert-OH is 1. The predicted octanol–water partition coefficient (Wildman–Crippen LogP) is 1.78. The van der Waals surface area contributed by atoms with E-state index in [1.54, 1.807) is 0 Å². The van der Waals surface area contributed by atoms with E-state index >= 15 is 0 Å². The van der Waals surface area contributed by atoms with E-state index in [1.165, 1.54) is 0 Å². The molecule has 0 rings (SSSR count). The molecule has 0 bridgehead atoms. The Morgan fingerprint density at radius 1 is 1.25 bits per heavy atom. The topological polar surface area (TPSA) is 20.2 Å². The molecule has 0 fully saturated rings. The van der Waals surface area contributed by atoms with Crippen LogP contribution in [0.15, 0.2) is 0 Å². The van der Waals surface area contributed by atoms with Gasteiger partial charge in [0, 0.05) is 0 Å². The lowest BCUT2D eigenvalue weighted by Gasteiger charge is -2.03. The van der Waals surface area contributed by atoms with Crippen molar-refractivity contribution in [2.45, 2.75) is 16.6 Å². The second-order valence-corrected chi connectivity index (χ2v) is 3.30. The van der Waals surface area contributed by atoms with Crippen molar-refractivity contribution in [1.29, 1.82) is 0 Å². The van der Waals surface area contributed by atoms with Crippen molar-refractivity contribution in [3.63, 3.8) is 0 Å². The summed E-state index contributed by atoms with van der Waals surface area (Å²) >= 11 is 16.1. The molecule has 0 heterocycles. The summed E-state index contributed by atoms with van der Waals surface area (Å²) in [6.07, 6.45) is 0.432. The molecule has 1 N–H and O–H groups in total. The van der Waals surface area contributed by atoms with Gasteiger partial charge in [-0.05, 0) is 6.42 Å². The van der Waals surface area contributed by atoms with Gasteiger partial charge < -0.3 is 5.11 Å². The summed E-state index contributed by atoms with van der Waals surface area (Å²) in [6, 6.07) is 0. The van der Waals surface area contributed by atoms with Crippen LogP contribution < -0.4 is 0 Å². The van der Waals surface area contributed by atoms with E-state index < -0.39 is 4.84 Å². The lowest BCUT2D eigenvalue weighted by atomic mass is 10.3. The zero-order valence-electron chi connectivity index (χ0n) is 4.15. The van der Waals surface area contributed by atoms with Crippen molar-refractivity contribution in [1.82, 2.24) is 0 Å². The Balaban J connectivity index is 3.10. The van der Waals surface area contributed by atoms with Gasteiger partial charge in [0.15, 0.2) is 0 Å². The standard InChI is InChI=1S/C4H7Cl3O/c5-3(2-8)1-4(6)7/h3-4,8H,1-2H2. The molecule has 50 valence electrons. The van der Waals surface area contributed by atoms with Crippen molar-refractivity contribution < 1.29 is 5.11 Å². The molecular formula is C4H7Cl3O. The Morgan fingerprint density at radius 2 is 1.75 bits per heavy atom. The molecule has 0 aromatic carbocycles. The van der Waals surface area contributed by atoms with E-state index in [9.17, 15) is 0 Å². The highest BCUT2D eigenvalue weighted by Crippen LogP contribution is 2.13. The quantitative estimate of drug-likeness (QED) is 0.652. The minimum Gasteiger partial charge on any atom is -0.395 e. The SMILES string of the molecule is OCC(Cl)CC(Cl)Cl. The Labute approximate surface area is 63.5 Å². The number of alkyl halides is 3. The fraction of sp³-hybridized carbons (Fsp3) is 1.00. The van der Waals surface area contributed by atoms with Gasteiger partial charge in [0.1, 0.15) is 4.84 Å². The molecule has 0 saturated carbocycles. The van der Waals surface area contributed by atoms with Crippen LogP contribution in [0.5, 0.6) is 0 Å². The Hall–Kier alpha value is 0.830. The van der Waals surface area contributed by atoms with Crippen LogP contribution in [0.2, 0.25) is 0 Å². The minimum absolute atomic E-state index is 0.0719. The number of rotatable bonds is 3. The van der Waals surface area contributed by atoms with Gasteiger partial charge in [0.05, 0.1) is 12.0 Å². The summed E-state index contributed by atoms with van der Waals surface area (Å²) < 4.78 is 0. The molecule has 0 aromatic rings. The fourth-order valence-corrected chi connectivity index (χ4v) is 1.06. The molecule has 0 radical (unpaired) electrons. The average Bonchev–Trinajstić information content (AvgIpc) is 1.65. The summed E-state index contributed by atoms with van der Waals surface area (Å²) in [6.45, 7) is -0.0719. The van der Waals surface area contributed by atoms with Crippen molar-refractivity contribution in [3.8, 4) is 0 Å². The molecule has 1 nitrogen and oxygen atoms in total. The molecule has 0 spiro atoms. The molecule has 8 heavy (non-hydrogen) atoms. The highest BCUT2D eigenvalue weighted by Gasteiger charge is 2.06. The first-order valence-electron chi connectivity index (χ1n) is 2.20. The summed E-state index contributed by atoms with van der Waals surface area (Å²) in [4.78, 5) is -0.468. The first-order valence-corrected chi connectivity index (χ1v) is 3.50. The van der Waals surface area contributed by atoms with E-state index in [1.807, 2.05) is 0 Å². The van der Waals surface area contributed by atoms with Crippen LogP contribution in [-0.2, 0) is 0 Å². The van der Waals surface area contributed by atoms with E-state index in [0.29, 0.717) is 6.42 Å². The zero-order valence-corrected chi connectivity index (χ0v) is 6.42. The maximum atomic E-state index is 8.33. The molecular weight excluding hydrogens is 170 g/mol.